The van der Waals surface area contributed by atoms with E-state index in [1.165, 1.54) is 5.82 Å². The summed E-state index contributed by atoms with van der Waals surface area (Å²) in [5.41, 5.74) is 2.85. The second kappa shape index (κ2) is 7.99. The summed E-state index contributed by atoms with van der Waals surface area (Å²) < 4.78 is 20.2. The molecule has 3 aromatic rings. The quantitative estimate of drug-likeness (QED) is 0.457. The van der Waals surface area contributed by atoms with Crippen LogP contribution in [0, 0.1) is 0 Å². The van der Waals surface area contributed by atoms with E-state index in [2.05, 4.69) is 27.5 Å². The number of ether oxygens (including phenoxy) is 3. The fourth-order valence-corrected chi connectivity index (χ4v) is 3.89. The van der Waals surface area contributed by atoms with E-state index in [1.54, 1.807) is 39.5 Å². The molecule has 6 nitrogen and oxygen atoms in total. The highest BCUT2D eigenvalue weighted by atomic mass is 16.5. The minimum absolute atomic E-state index is 0.0394. The number of carbonyl (C=O) groups is 1. The molecule has 0 atom stereocenters. The number of fused-ring (bicyclic) bond motifs is 1. The van der Waals surface area contributed by atoms with E-state index >= 15 is 0 Å². The molecule has 0 amide bonds. The Morgan fingerprint density at radius 3 is 2.45 bits per heavy atom. The molecule has 1 aliphatic rings. The van der Waals surface area contributed by atoms with Crippen LogP contribution in [0.5, 0.6) is 17.2 Å². The number of imidazole rings is 1. The van der Waals surface area contributed by atoms with Gasteiger partial charge in [0.25, 0.3) is 5.82 Å². The third-order valence-corrected chi connectivity index (χ3v) is 5.40. The fraction of sp³-hybridized carbons (Fsp3) is 0.304. The second-order valence-electron chi connectivity index (χ2n) is 7.04. The van der Waals surface area contributed by atoms with Crippen molar-refractivity contribution >= 4 is 5.78 Å². The molecule has 0 saturated heterocycles. The maximum Gasteiger partial charge on any atom is 0.257 e. The second-order valence-corrected chi connectivity index (χ2v) is 7.04. The number of nitrogens with zero attached hydrogens (tertiary/aromatic N) is 2. The Balaban J connectivity index is 1.63. The number of methoxy groups -OCH3 is 3. The molecule has 0 fully saturated rings. The SMILES string of the molecule is COc1ccc(-c2c[n+](CC(=O)c3ccc(OC)c(OC)c3)c3n2CCC3)cc1. The third kappa shape index (κ3) is 3.58. The van der Waals surface area contributed by atoms with Gasteiger partial charge >= 0.3 is 0 Å². The molecule has 0 N–H and O–H groups in total. The third-order valence-electron chi connectivity index (χ3n) is 5.40. The lowest BCUT2D eigenvalue weighted by molar-refractivity contribution is -0.689. The summed E-state index contributed by atoms with van der Waals surface area (Å²) in [5, 5.41) is 0. The monoisotopic (exact) mass is 393 g/mol. The van der Waals surface area contributed by atoms with Crippen molar-refractivity contribution in [2.75, 3.05) is 21.3 Å². The van der Waals surface area contributed by atoms with Gasteiger partial charge in [-0.25, -0.2) is 9.13 Å². The van der Waals surface area contributed by atoms with Crippen LogP contribution >= 0.6 is 0 Å². The molecule has 0 aliphatic carbocycles. The topological polar surface area (TPSA) is 53.6 Å². The van der Waals surface area contributed by atoms with Crippen LogP contribution in [0.4, 0.5) is 0 Å². The molecule has 6 heteroatoms. The molecular weight excluding hydrogens is 368 g/mol. The number of Topliss-reactive ketones (excluding diaryl/α,β-unsaturated/α-hetero) is 1. The van der Waals surface area contributed by atoms with Crippen molar-refractivity contribution in [3.8, 4) is 28.5 Å². The Kier molecular flexibility index (Phi) is 5.25. The first kappa shape index (κ1) is 19.1. The lowest BCUT2D eigenvalue weighted by Gasteiger charge is -2.08. The summed E-state index contributed by atoms with van der Waals surface area (Å²) in [6, 6.07) is 13.3. The Labute approximate surface area is 170 Å². The number of benzene rings is 2. The van der Waals surface area contributed by atoms with Gasteiger partial charge in [-0.3, -0.25) is 4.79 Å². The van der Waals surface area contributed by atoms with Crippen LogP contribution in [-0.2, 0) is 19.5 Å². The zero-order valence-corrected chi connectivity index (χ0v) is 17.0. The average Bonchev–Trinajstić information content (AvgIpc) is 3.37. The minimum atomic E-state index is 0.0394. The van der Waals surface area contributed by atoms with Crippen LogP contribution in [0.25, 0.3) is 11.3 Å². The highest BCUT2D eigenvalue weighted by Crippen LogP contribution is 2.29. The van der Waals surface area contributed by atoms with Gasteiger partial charge in [-0.1, -0.05) is 0 Å². The maximum absolute atomic E-state index is 13.0. The molecule has 150 valence electrons. The van der Waals surface area contributed by atoms with Gasteiger partial charge in [-0.15, -0.1) is 0 Å². The summed E-state index contributed by atoms with van der Waals surface area (Å²) in [6.45, 7) is 1.26. The van der Waals surface area contributed by atoms with Crippen LogP contribution in [0.3, 0.4) is 0 Å². The van der Waals surface area contributed by atoms with Crippen molar-refractivity contribution in [3.63, 3.8) is 0 Å². The predicted molar refractivity (Wildman–Crippen MR) is 109 cm³/mol. The van der Waals surface area contributed by atoms with Gasteiger partial charge in [0.1, 0.15) is 11.9 Å². The van der Waals surface area contributed by atoms with Gasteiger partial charge < -0.3 is 14.2 Å². The molecule has 4 rings (SSSR count). The summed E-state index contributed by atoms with van der Waals surface area (Å²) in [5.74, 6) is 3.23. The standard InChI is InChI=1S/C23H25N2O4/c1-27-18-9-6-16(7-10-18)19-14-24(23-5-4-12-25(19)23)15-20(26)17-8-11-21(28-2)22(13-17)29-3/h6-11,13-14H,4-5,12,15H2,1-3H3/q+1. The average molecular weight is 393 g/mol. The molecule has 0 spiro atoms. The van der Waals surface area contributed by atoms with E-state index in [0.717, 1.165) is 36.4 Å². The van der Waals surface area contributed by atoms with Crippen molar-refractivity contribution in [1.82, 2.24) is 4.57 Å². The molecule has 1 aliphatic heterocycles. The van der Waals surface area contributed by atoms with Gasteiger partial charge in [-0.05, 0) is 48.9 Å². The number of hydrogen-bond donors (Lipinski definition) is 0. The maximum atomic E-state index is 13.0. The van der Waals surface area contributed by atoms with Crippen LogP contribution in [0.2, 0.25) is 0 Å². The van der Waals surface area contributed by atoms with E-state index in [-0.39, 0.29) is 5.78 Å². The highest BCUT2D eigenvalue weighted by molar-refractivity contribution is 5.95. The number of ketones is 1. The molecule has 2 heterocycles. The molecule has 1 aromatic heterocycles. The first-order valence-electron chi connectivity index (χ1n) is 9.66. The summed E-state index contributed by atoms with van der Waals surface area (Å²) in [6.07, 6.45) is 4.13. The van der Waals surface area contributed by atoms with E-state index < -0.39 is 0 Å². The first-order valence-corrected chi connectivity index (χ1v) is 9.66. The van der Waals surface area contributed by atoms with Gasteiger partial charge in [0, 0.05) is 11.1 Å². The molecule has 0 saturated carbocycles. The normalized spacial score (nSPS) is 12.5. The van der Waals surface area contributed by atoms with Crippen LogP contribution in [0.15, 0.2) is 48.7 Å². The first-order chi connectivity index (χ1) is 14.1. The van der Waals surface area contributed by atoms with Gasteiger partial charge in [0.05, 0.1) is 34.3 Å². The van der Waals surface area contributed by atoms with E-state index in [1.807, 2.05) is 12.1 Å². The molecule has 0 radical (unpaired) electrons. The molecule has 0 unspecified atom stereocenters. The zero-order valence-electron chi connectivity index (χ0n) is 17.0. The molecular formula is C23H25N2O4+. The van der Waals surface area contributed by atoms with Gasteiger partial charge in [0.2, 0.25) is 5.78 Å². The fourth-order valence-electron chi connectivity index (χ4n) is 3.89. The Morgan fingerprint density at radius 1 is 1.00 bits per heavy atom. The van der Waals surface area contributed by atoms with Crippen molar-refractivity contribution < 1.29 is 23.6 Å². The van der Waals surface area contributed by atoms with Crippen molar-refractivity contribution in [3.05, 3.63) is 60.0 Å². The van der Waals surface area contributed by atoms with Crippen molar-refractivity contribution in [1.29, 1.82) is 0 Å². The molecule has 29 heavy (non-hydrogen) atoms. The van der Waals surface area contributed by atoms with E-state index in [4.69, 9.17) is 14.2 Å². The predicted octanol–water partition coefficient (Wildman–Crippen LogP) is 3.30. The lowest BCUT2D eigenvalue weighted by atomic mass is 10.1. The smallest absolute Gasteiger partial charge is 0.257 e. The van der Waals surface area contributed by atoms with Crippen molar-refractivity contribution in [2.24, 2.45) is 0 Å². The number of carbonyl (C=O) groups excluding carboxylic acids is 1. The van der Waals surface area contributed by atoms with Crippen molar-refractivity contribution in [2.45, 2.75) is 25.9 Å². The van der Waals surface area contributed by atoms with Gasteiger partial charge in [0.15, 0.2) is 23.7 Å². The largest absolute Gasteiger partial charge is 0.497 e. The number of aromatic nitrogens is 2. The lowest BCUT2D eigenvalue weighted by Crippen LogP contribution is -2.40. The summed E-state index contributed by atoms with van der Waals surface area (Å²) in [7, 11) is 4.82. The van der Waals surface area contributed by atoms with E-state index in [9.17, 15) is 4.79 Å². The molecule has 2 aromatic carbocycles. The molecule has 0 bridgehead atoms. The Hall–Kier alpha value is -3.28. The summed E-state index contributed by atoms with van der Waals surface area (Å²) >= 11 is 0. The Morgan fingerprint density at radius 2 is 1.76 bits per heavy atom. The minimum Gasteiger partial charge on any atom is -0.497 e. The number of hydrogen-bond acceptors (Lipinski definition) is 4. The van der Waals surface area contributed by atoms with Crippen LogP contribution in [-0.4, -0.2) is 31.7 Å². The zero-order chi connectivity index (χ0) is 20.4. The summed E-state index contributed by atoms with van der Waals surface area (Å²) in [4.78, 5) is 13.0. The van der Waals surface area contributed by atoms with Crippen LogP contribution in [0.1, 0.15) is 22.6 Å². The number of rotatable bonds is 7. The van der Waals surface area contributed by atoms with Crippen LogP contribution < -0.4 is 18.8 Å². The van der Waals surface area contributed by atoms with Gasteiger partial charge in [-0.2, -0.15) is 0 Å². The Bertz CT molecular complexity index is 1040. The van der Waals surface area contributed by atoms with E-state index in [0.29, 0.717) is 23.6 Å². The highest BCUT2D eigenvalue weighted by Gasteiger charge is 2.30.